The van der Waals surface area contributed by atoms with Gasteiger partial charge in [0.05, 0.1) is 19.3 Å². The fraction of sp³-hybridized carbons (Fsp3) is 0.632. The average molecular weight is 319 g/mol. The fourth-order valence-corrected chi connectivity index (χ4v) is 2.93. The summed E-state index contributed by atoms with van der Waals surface area (Å²) in [4.78, 5) is 14.5. The Hall–Kier alpha value is -1.55. The lowest BCUT2D eigenvalue weighted by Crippen LogP contribution is -2.41. The van der Waals surface area contributed by atoms with Crippen molar-refractivity contribution in [3.8, 4) is 5.75 Å². The zero-order valence-electron chi connectivity index (χ0n) is 14.7. The summed E-state index contributed by atoms with van der Waals surface area (Å²) in [5.74, 6) is 1.76. The Morgan fingerprint density at radius 3 is 2.26 bits per heavy atom. The van der Waals surface area contributed by atoms with E-state index in [1.807, 2.05) is 30.9 Å². The molecular weight excluding hydrogens is 290 g/mol. The van der Waals surface area contributed by atoms with Crippen LogP contribution in [0.5, 0.6) is 5.75 Å². The van der Waals surface area contributed by atoms with Crippen LogP contribution in [0.3, 0.4) is 0 Å². The van der Waals surface area contributed by atoms with E-state index in [0.29, 0.717) is 38.6 Å². The van der Waals surface area contributed by atoms with Gasteiger partial charge in [0.25, 0.3) is 0 Å². The third-order valence-electron chi connectivity index (χ3n) is 4.24. The standard InChI is InChI=1S/C19H29NO3/c1-14(2)18(13-19(21)20-9-11-22-12-10-20)16-5-7-17(8-6-16)23-15(3)4/h5-8,14-15,18H,9-13H2,1-4H3/t18-/m0/s1. The third kappa shape index (κ3) is 5.24. The van der Waals surface area contributed by atoms with Gasteiger partial charge in [0.1, 0.15) is 5.75 Å². The van der Waals surface area contributed by atoms with Crippen molar-refractivity contribution in [3.05, 3.63) is 29.8 Å². The van der Waals surface area contributed by atoms with Crippen LogP contribution < -0.4 is 4.74 Å². The van der Waals surface area contributed by atoms with Crippen LogP contribution in [0.15, 0.2) is 24.3 Å². The number of amides is 1. The molecule has 1 saturated heterocycles. The number of ether oxygens (including phenoxy) is 2. The van der Waals surface area contributed by atoms with Crippen molar-refractivity contribution in [1.29, 1.82) is 0 Å². The van der Waals surface area contributed by atoms with Gasteiger partial charge in [-0.25, -0.2) is 0 Å². The summed E-state index contributed by atoms with van der Waals surface area (Å²) in [6, 6.07) is 8.19. The van der Waals surface area contributed by atoms with Crippen molar-refractivity contribution in [2.45, 2.75) is 46.1 Å². The van der Waals surface area contributed by atoms with E-state index in [0.717, 1.165) is 5.75 Å². The summed E-state index contributed by atoms with van der Waals surface area (Å²) in [5, 5.41) is 0. The molecule has 1 atom stereocenters. The maximum absolute atomic E-state index is 12.5. The number of hydrogen-bond donors (Lipinski definition) is 0. The predicted molar refractivity (Wildman–Crippen MR) is 91.8 cm³/mol. The van der Waals surface area contributed by atoms with Crippen LogP contribution in [-0.4, -0.2) is 43.2 Å². The molecule has 1 aliphatic heterocycles. The van der Waals surface area contributed by atoms with Crippen molar-refractivity contribution in [2.24, 2.45) is 5.92 Å². The van der Waals surface area contributed by atoms with Crippen molar-refractivity contribution >= 4 is 5.91 Å². The number of hydrogen-bond acceptors (Lipinski definition) is 3. The number of carbonyl (C=O) groups is 1. The van der Waals surface area contributed by atoms with Crippen LogP contribution in [0.4, 0.5) is 0 Å². The highest BCUT2D eigenvalue weighted by molar-refractivity contribution is 5.77. The van der Waals surface area contributed by atoms with Gasteiger partial charge >= 0.3 is 0 Å². The van der Waals surface area contributed by atoms with Crippen LogP contribution in [0.2, 0.25) is 0 Å². The topological polar surface area (TPSA) is 38.8 Å². The second kappa shape index (κ2) is 8.34. The molecule has 0 bridgehead atoms. The lowest BCUT2D eigenvalue weighted by molar-refractivity contribution is -0.135. The van der Waals surface area contributed by atoms with E-state index in [9.17, 15) is 4.79 Å². The monoisotopic (exact) mass is 319 g/mol. The molecule has 0 unspecified atom stereocenters. The first-order valence-corrected chi connectivity index (χ1v) is 8.59. The molecule has 0 N–H and O–H groups in total. The van der Waals surface area contributed by atoms with Gasteiger partial charge in [-0.05, 0) is 43.4 Å². The Kier molecular flexibility index (Phi) is 6.46. The quantitative estimate of drug-likeness (QED) is 0.806. The molecule has 1 heterocycles. The number of carbonyl (C=O) groups excluding carboxylic acids is 1. The first-order valence-electron chi connectivity index (χ1n) is 8.59. The van der Waals surface area contributed by atoms with Gasteiger partial charge in [0, 0.05) is 19.5 Å². The molecule has 4 heteroatoms. The van der Waals surface area contributed by atoms with Crippen LogP contribution in [-0.2, 0) is 9.53 Å². The summed E-state index contributed by atoms with van der Waals surface area (Å²) >= 11 is 0. The summed E-state index contributed by atoms with van der Waals surface area (Å²) in [5.41, 5.74) is 1.21. The van der Waals surface area contributed by atoms with Crippen LogP contribution in [0.25, 0.3) is 0 Å². The molecule has 1 aromatic carbocycles. The molecule has 0 aromatic heterocycles. The summed E-state index contributed by atoms with van der Waals surface area (Å²) < 4.78 is 11.0. The lowest BCUT2D eigenvalue weighted by Gasteiger charge is -2.29. The molecule has 23 heavy (non-hydrogen) atoms. The molecule has 2 rings (SSSR count). The smallest absolute Gasteiger partial charge is 0.223 e. The molecule has 1 fully saturated rings. The van der Waals surface area contributed by atoms with Gasteiger partial charge in [0.2, 0.25) is 5.91 Å². The molecule has 1 amide bonds. The van der Waals surface area contributed by atoms with Gasteiger partial charge in [-0.15, -0.1) is 0 Å². The Morgan fingerprint density at radius 2 is 1.74 bits per heavy atom. The van der Waals surface area contributed by atoms with E-state index >= 15 is 0 Å². The minimum Gasteiger partial charge on any atom is -0.491 e. The third-order valence-corrected chi connectivity index (χ3v) is 4.24. The molecule has 1 aliphatic rings. The van der Waals surface area contributed by atoms with Gasteiger partial charge in [0.15, 0.2) is 0 Å². The zero-order chi connectivity index (χ0) is 16.8. The van der Waals surface area contributed by atoms with Crippen molar-refractivity contribution in [3.63, 3.8) is 0 Å². The summed E-state index contributed by atoms with van der Waals surface area (Å²) in [6.45, 7) is 11.1. The highest BCUT2D eigenvalue weighted by Crippen LogP contribution is 2.30. The maximum atomic E-state index is 12.5. The van der Waals surface area contributed by atoms with E-state index < -0.39 is 0 Å². The highest BCUT2D eigenvalue weighted by atomic mass is 16.5. The van der Waals surface area contributed by atoms with Crippen LogP contribution in [0, 0.1) is 5.92 Å². The minimum atomic E-state index is 0.171. The molecule has 0 aliphatic carbocycles. The molecule has 1 aromatic rings. The average Bonchev–Trinajstić information content (AvgIpc) is 2.53. The van der Waals surface area contributed by atoms with Crippen LogP contribution >= 0.6 is 0 Å². The van der Waals surface area contributed by atoms with Crippen molar-refractivity contribution in [2.75, 3.05) is 26.3 Å². The maximum Gasteiger partial charge on any atom is 0.223 e. The Morgan fingerprint density at radius 1 is 1.13 bits per heavy atom. The SMILES string of the molecule is CC(C)Oc1ccc([C@@H](CC(=O)N2CCOCC2)C(C)C)cc1. The summed E-state index contributed by atoms with van der Waals surface area (Å²) in [6.07, 6.45) is 0.729. The molecule has 128 valence electrons. The zero-order valence-corrected chi connectivity index (χ0v) is 14.7. The van der Waals surface area contributed by atoms with E-state index in [4.69, 9.17) is 9.47 Å². The first kappa shape index (κ1) is 17.8. The lowest BCUT2D eigenvalue weighted by atomic mass is 9.85. The Bertz CT molecular complexity index is 490. The largest absolute Gasteiger partial charge is 0.491 e. The molecular formula is C19H29NO3. The Labute approximate surface area is 139 Å². The Balaban J connectivity index is 2.04. The molecule has 0 saturated carbocycles. The van der Waals surface area contributed by atoms with E-state index in [1.165, 1.54) is 5.56 Å². The van der Waals surface area contributed by atoms with Crippen molar-refractivity contribution in [1.82, 2.24) is 4.90 Å². The minimum absolute atomic E-state index is 0.171. The molecule has 0 radical (unpaired) electrons. The highest BCUT2D eigenvalue weighted by Gasteiger charge is 2.24. The fourth-order valence-electron chi connectivity index (χ4n) is 2.93. The molecule has 4 nitrogen and oxygen atoms in total. The van der Waals surface area contributed by atoms with Crippen LogP contribution in [0.1, 0.15) is 45.6 Å². The van der Waals surface area contributed by atoms with E-state index in [1.54, 1.807) is 0 Å². The van der Waals surface area contributed by atoms with Gasteiger partial charge in [-0.3, -0.25) is 4.79 Å². The number of nitrogens with zero attached hydrogens (tertiary/aromatic N) is 1. The molecule has 0 spiro atoms. The summed E-state index contributed by atoms with van der Waals surface area (Å²) in [7, 11) is 0. The number of rotatable bonds is 6. The van der Waals surface area contributed by atoms with Gasteiger partial charge < -0.3 is 14.4 Å². The second-order valence-corrected chi connectivity index (χ2v) is 6.78. The number of benzene rings is 1. The predicted octanol–water partition coefficient (Wildman–Crippen LogP) is 3.46. The normalized spacial score (nSPS) is 16.7. The van der Waals surface area contributed by atoms with Crippen molar-refractivity contribution < 1.29 is 14.3 Å². The first-order chi connectivity index (χ1) is 11.0. The van der Waals surface area contributed by atoms with Gasteiger partial charge in [-0.2, -0.15) is 0 Å². The number of morpholine rings is 1. The van der Waals surface area contributed by atoms with E-state index in [-0.39, 0.29) is 17.9 Å². The van der Waals surface area contributed by atoms with E-state index in [2.05, 4.69) is 26.0 Å². The second-order valence-electron chi connectivity index (χ2n) is 6.78. The van der Waals surface area contributed by atoms with Gasteiger partial charge in [-0.1, -0.05) is 26.0 Å².